The molecule has 0 amide bonds. The summed E-state index contributed by atoms with van der Waals surface area (Å²) in [5, 5.41) is 0.404. The van der Waals surface area contributed by atoms with Crippen molar-refractivity contribution in [3.05, 3.63) is 18.0 Å². The van der Waals surface area contributed by atoms with Gasteiger partial charge in [-0.15, -0.1) is 0 Å². The van der Waals surface area contributed by atoms with Crippen molar-refractivity contribution >= 4 is 21.8 Å². The first-order valence-corrected chi connectivity index (χ1v) is 8.56. The molecule has 1 aliphatic heterocycles. The SMILES string of the molecule is CCC1CN(S(=O)(=O)c2c[nH]c(CN)c2)CCS1. The molecule has 18 heavy (non-hydrogen) atoms. The maximum absolute atomic E-state index is 12.4. The van der Waals surface area contributed by atoms with Gasteiger partial charge >= 0.3 is 0 Å². The minimum atomic E-state index is -3.36. The molecule has 0 bridgehead atoms. The van der Waals surface area contributed by atoms with Crippen molar-refractivity contribution in [3.63, 3.8) is 0 Å². The van der Waals surface area contributed by atoms with Gasteiger partial charge in [0.1, 0.15) is 0 Å². The van der Waals surface area contributed by atoms with Gasteiger partial charge in [-0.1, -0.05) is 6.92 Å². The number of nitrogens with zero attached hydrogens (tertiary/aromatic N) is 1. The molecule has 0 aliphatic carbocycles. The van der Waals surface area contributed by atoms with E-state index in [0.29, 0.717) is 29.8 Å². The normalized spacial score (nSPS) is 22.2. The second kappa shape index (κ2) is 5.64. The molecule has 0 radical (unpaired) electrons. The predicted octanol–water partition coefficient (Wildman–Crippen LogP) is 0.990. The fourth-order valence-electron chi connectivity index (χ4n) is 1.99. The average Bonchev–Trinajstić information content (AvgIpc) is 2.88. The molecule has 1 saturated heterocycles. The van der Waals surface area contributed by atoms with Crippen molar-refractivity contribution in [3.8, 4) is 0 Å². The molecule has 0 saturated carbocycles. The van der Waals surface area contributed by atoms with Crippen LogP contribution in [0.2, 0.25) is 0 Å². The van der Waals surface area contributed by atoms with Gasteiger partial charge in [-0.05, 0) is 12.5 Å². The Balaban J connectivity index is 2.19. The lowest BCUT2D eigenvalue weighted by molar-refractivity contribution is 0.416. The summed E-state index contributed by atoms with van der Waals surface area (Å²) in [5.41, 5.74) is 6.23. The molecule has 1 aromatic heterocycles. The van der Waals surface area contributed by atoms with Gasteiger partial charge in [-0.25, -0.2) is 8.42 Å². The van der Waals surface area contributed by atoms with Crippen LogP contribution in [0.1, 0.15) is 19.0 Å². The Morgan fingerprint density at radius 3 is 3.00 bits per heavy atom. The highest BCUT2D eigenvalue weighted by molar-refractivity contribution is 8.00. The fraction of sp³-hybridized carbons (Fsp3) is 0.636. The topological polar surface area (TPSA) is 79.2 Å². The number of hydrogen-bond donors (Lipinski definition) is 2. The monoisotopic (exact) mass is 289 g/mol. The molecular weight excluding hydrogens is 270 g/mol. The van der Waals surface area contributed by atoms with E-state index in [4.69, 9.17) is 5.73 Å². The first kappa shape index (κ1) is 13.9. The predicted molar refractivity (Wildman–Crippen MR) is 74.0 cm³/mol. The Bertz CT molecular complexity index is 498. The maximum atomic E-state index is 12.4. The van der Waals surface area contributed by atoms with Gasteiger partial charge in [0.25, 0.3) is 0 Å². The third-order valence-electron chi connectivity index (χ3n) is 3.13. The van der Waals surface area contributed by atoms with Crippen molar-refractivity contribution in [2.45, 2.75) is 30.0 Å². The zero-order valence-corrected chi connectivity index (χ0v) is 12.1. The molecule has 2 rings (SSSR count). The second-order valence-electron chi connectivity index (χ2n) is 4.33. The molecule has 2 heterocycles. The summed E-state index contributed by atoms with van der Waals surface area (Å²) in [4.78, 5) is 3.21. The van der Waals surface area contributed by atoms with Crippen molar-refractivity contribution < 1.29 is 8.42 Å². The number of H-pyrrole nitrogens is 1. The number of rotatable bonds is 4. The third-order valence-corrected chi connectivity index (χ3v) is 6.35. The molecule has 0 spiro atoms. The highest BCUT2D eigenvalue weighted by Gasteiger charge is 2.30. The number of hydrogen-bond acceptors (Lipinski definition) is 4. The summed E-state index contributed by atoms with van der Waals surface area (Å²) in [7, 11) is -3.36. The van der Waals surface area contributed by atoms with Gasteiger partial charge in [0.05, 0.1) is 4.90 Å². The lowest BCUT2D eigenvalue weighted by Crippen LogP contribution is -2.41. The van der Waals surface area contributed by atoms with E-state index in [1.807, 2.05) is 11.8 Å². The molecule has 3 N–H and O–H groups in total. The van der Waals surface area contributed by atoms with Crippen molar-refractivity contribution in [1.82, 2.24) is 9.29 Å². The summed E-state index contributed by atoms with van der Waals surface area (Å²) in [5.74, 6) is 0.867. The van der Waals surface area contributed by atoms with E-state index in [1.54, 1.807) is 10.4 Å². The highest BCUT2D eigenvalue weighted by Crippen LogP contribution is 2.26. The minimum Gasteiger partial charge on any atom is -0.363 e. The number of nitrogens with one attached hydrogen (secondary N) is 1. The molecule has 1 unspecified atom stereocenters. The lowest BCUT2D eigenvalue weighted by atomic mass is 10.3. The van der Waals surface area contributed by atoms with Crippen LogP contribution in [0.4, 0.5) is 0 Å². The van der Waals surface area contributed by atoms with Crippen LogP contribution in [-0.2, 0) is 16.6 Å². The highest BCUT2D eigenvalue weighted by atomic mass is 32.2. The Kier molecular flexibility index (Phi) is 4.37. The van der Waals surface area contributed by atoms with Crippen molar-refractivity contribution in [2.75, 3.05) is 18.8 Å². The first-order valence-electron chi connectivity index (χ1n) is 6.07. The summed E-state index contributed by atoms with van der Waals surface area (Å²) in [6, 6.07) is 1.62. The first-order chi connectivity index (χ1) is 8.57. The summed E-state index contributed by atoms with van der Waals surface area (Å²) in [6.45, 7) is 3.61. The number of aromatic nitrogens is 1. The van der Waals surface area contributed by atoms with Crippen molar-refractivity contribution in [2.24, 2.45) is 5.73 Å². The average molecular weight is 289 g/mol. The van der Waals surface area contributed by atoms with E-state index < -0.39 is 10.0 Å². The van der Waals surface area contributed by atoms with Gasteiger partial charge < -0.3 is 10.7 Å². The van der Waals surface area contributed by atoms with Crippen LogP contribution in [0.25, 0.3) is 0 Å². The largest absolute Gasteiger partial charge is 0.363 e. The molecule has 7 heteroatoms. The van der Waals surface area contributed by atoms with Crippen LogP contribution < -0.4 is 5.73 Å². The number of aromatic amines is 1. The molecule has 1 fully saturated rings. The second-order valence-corrected chi connectivity index (χ2v) is 7.68. The van der Waals surface area contributed by atoms with E-state index >= 15 is 0 Å². The fourth-order valence-corrected chi connectivity index (χ4v) is 4.89. The standard InChI is InChI=1S/C11H19N3O2S2/c1-2-10-8-14(3-4-17-10)18(15,16)11-5-9(6-12)13-7-11/h5,7,10,13H,2-4,6,8,12H2,1H3. The van der Waals surface area contributed by atoms with Crippen LogP contribution in [0.3, 0.4) is 0 Å². The summed E-state index contributed by atoms with van der Waals surface area (Å²) >= 11 is 1.85. The van der Waals surface area contributed by atoms with Crippen LogP contribution in [0, 0.1) is 0 Å². The van der Waals surface area contributed by atoms with Gasteiger partial charge in [-0.3, -0.25) is 0 Å². The van der Waals surface area contributed by atoms with Crippen molar-refractivity contribution in [1.29, 1.82) is 0 Å². The molecule has 1 atom stereocenters. The van der Waals surface area contributed by atoms with E-state index in [9.17, 15) is 8.42 Å². The van der Waals surface area contributed by atoms with Crippen LogP contribution >= 0.6 is 11.8 Å². The maximum Gasteiger partial charge on any atom is 0.244 e. The van der Waals surface area contributed by atoms with Crippen LogP contribution in [0.15, 0.2) is 17.2 Å². The molecule has 1 aromatic rings. The zero-order chi connectivity index (χ0) is 13.2. The minimum absolute atomic E-state index is 0.322. The number of nitrogens with two attached hydrogens (primary N) is 1. The smallest absolute Gasteiger partial charge is 0.244 e. The van der Waals surface area contributed by atoms with E-state index in [0.717, 1.165) is 17.9 Å². The van der Waals surface area contributed by atoms with Gasteiger partial charge in [0.15, 0.2) is 0 Å². The molecule has 0 aromatic carbocycles. The third kappa shape index (κ3) is 2.74. The van der Waals surface area contributed by atoms with E-state index in [2.05, 4.69) is 11.9 Å². The lowest BCUT2D eigenvalue weighted by Gasteiger charge is -2.30. The zero-order valence-electron chi connectivity index (χ0n) is 10.4. The Hall–Kier alpha value is -0.500. The van der Waals surface area contributed by atoms with E-state index in [1.165, 1.54) is 6.20 Å². The summed E-state index contributed by atoms with van der Waals surface area (Å²) in [6.07, 6.45) is 2.53. The van der Waals surface area contributed by atoms with Crippen LogP contribution in [-0.4, -0.2) is 41.8 Å². The summed E-state index contributed by atoms with van der Waals surface area (Å²) < 4.78 is 26.5. The molecule has 5 nitrogen and oxygen atoms in total. The Labute approximate surface area is 112 Å². The van der Waals surface area contributed by atoms with E-state index in [-0.39, 0.29) is 0 Å². The molecular formula is C11H19N3O2S2. The number of sulfonamides is 1. The number of thioether (sulfide) groups is 1. The van der Waals surface area contributed by atoms with Gasteiger partial charge in [0.2, 0.25) is 10.0 Å². The van der Waals surface area contributed by atoms with Gasteiger partial charge in [0, 0.05) is 42.5 Å². The van der Waals surface area contributed by atoms with Crippen LogP contribution in [0.5, 0.6) is 0 Å². The molecule has 1 aliphatic rings. The Morgan fingerprint density at radius 2 is 2.39 bits per heavy atom. The quantitative estimate of drug-likeness (QED) is 0.866. The molecule has 102 valence electrons. The Morgan fingerprint density at radius 1 is 1.61 bits per heavy atom. The van der Waals surface area contributed by atoms with Gasteiger partial charge in [-0.2, -0.15) is 16.1 Å².